The van der Waals surface area contributed by atoms with Crippen LogP contribution in [0.3, 0.4) is 0 Å². The van der Waals surface area contributed by atoms with Crippen LogP contribution in [0.2, 0.25) is 0 Å². The minimum absolute atomic E-state index is 0.0311. The van der Waals surface area contributed by atoms with Crippen LogP contribution in [0.15, 0.2) is 24.3 Å². The molecule has 0 saturated carbocycles. The SMILES string of the molecule is CCOC(=O)N1CCN(CCC(=O)NCc2ccc(OC)cc2)CC1. The summed E-state index contributed by atoms with van der Waals surface area (Å²) in [5.74, 6) is 0.834. The molecule has 25 heavy (non-hydrogen) atoms. The molecule has 1 saturated heterocycles. The fourth-order valence-electron chi connectivity index (χ4n) is 2.66. The fourth-order valence-corrected chi connectivity index (χ4v) is 2.66. The van der Waals surface area contributed by atoms with Gasteiger partial charge < -0.3 is 19.7 Å². The van der Waals surface area contributed by atoms with Gasteiger partial charge in [0.15, 0.2) is 0 Å². The number of benzene rings is 1. The topological polar surface area (TPSA) is 71.1 Å². The van der Waals surface area contributed by atoms with E-state index in [0.717, 1.165) is 24.4 Å². The largest absolute Gasteiger partial charge is 0.497 e. The molecule has 1 aromatic carbocycles. The Morgan fingerprint density at radius 3 is 2.40 bits per heavy atom. The molecule has 138 valence electrons. The number of nitrogens with zero attached hydrogens (tertiary/aromatic N) is 2. The average Bonchev–Trinajstić information content (AvgIpc) is 2.65. The zero-order valence-corrected chi connectivity index (χ0v) is 15.0. The van der Waals surface area contributed by atoms with Crippen LogP contribution < -0.4 is 10.1 Å². The summed E-state index contributed by atoms with van der Waals surface area (Å²) in [6.45, 7) is 6.24. The van der Waals surface area contributed by atoms with Crippen molar-refractivity contribution in [3.63, 3.8) is 0 Å². The van der Waals surface area contributed by atoms with Gasteiger partial charge in [-0.15, -0.1) is 0 Å². The number of amides is 2. The number of nitrogens with one attached hydrogen (secondary N) is 1. The van der Waals surface area contributed by atoms with E-state index in [-0.39, 0.29) is 12.0 Å². The van der Waals surface area contributed by atoms with E-state index in [9.17, 15) is 9.59 Å². The Kier molecular flexibility index (Phi) is 7.53. The molecule has 2 amide bonds. The highest BCUT2D eigenvalue weighted by atomic mass is 16.6. The van der Waals surface area contributed by atoms with Gasteiger partial charge >= 0.3 is 6.09 Å². The minimum atomic E-state index is -0.251. The summed E-state index contributed by atoms with van der Waals surface area (Å²) in [5.41, 5.74) is 1.04. The molecule has 0 spiro atoms. The number of hydrogen-bond donors (Lipinski definition) is 1. The molecule has 0 radical (unpaired) electrons. The molecule has 7 heteroatoms. The first kappa shape index (κ1) is 19.1. The van der Waals surface area contributed by atoms with E-state index in [1.54, 1.807) is 18.9 Å². The lowest BCUT2D eigenvalue weighted by Crippen LogP contribution is -2.49. The molecule has 1 N–H and O–H groups in total. The van der Waals surface area contributed by atoms with Crippen LogP contribution in [-0.4, -0.2) is 68.2 Å². The highest BCUT2D eigenvalue weighted by molar-refractivity contribution is 5.76. The molecule has 1 aliphatic rings. The van der Waals surface area contributed by atoms with Gasteiger partial charge in [0.2, 0.25) is 5.91 Å². The van der Waals surface area contributed by atoms with Crippen molar-refractivity contribution >= 4 is 12.0 Å². The van der Waals surface area contributed by atoms with Crippen LogP contribution in [0.25, 0.3) is 0 Å². The highest BCUT2D eigenvalue weighted by Gasteiger charge is 2.21. The number of hydrogen-bond acceptors (Lipinski definition) is 5. The maximum atomic E-state index is 12.0. The number of ether oxygens (including phenoxy) is 2. The van der Waals surface area contributed by atoms with Gasteiger partial charge in [-0.25, -0.2) is 4.79 Å². The zero-order valence-electron chi connectivity index (χ0n) is 15.0. The summed E-state index contributed by atoms with van der Waals surface area (Å²) < 4.78 is 10.1. The van der Waals surface area contributed by atoms with Gasteiger partial charge in [-0.05, 0) is 24.6 Å². The quantitative estimate of drug-likeness (QED) is 0.807. The fraction of sp³-hybridized carbons (Fsp3) is 0.556. The Labute approximate surface area is 148 Å². The molecule has 0 atom stereocenters. The first-order valence-corrected chi connectivity index (χ1v) is 8.66. The van der Waals surface area contributed by atoms with Crippen molar-refractivity contribution in [3.8, 4) is 5.75 Å². The van der Waals surface area contributed by atoms with Crippen molar-refractivity contribution in [1.29, 1.82) is 0 Å². The Morgan fingerprint density at radius 2 is 1.80 bits per heavy atom. The molecule has 1 heterocycles. The van der Waals surface area contributed by atoms with Gasteiger partial charge in [0.25, 0.3) is 0 Å². The Morgan fingerprint density at radius 1 is 1.12 bits per heavy atom. The maximum absolute atomic E-state index is 12.0. The molecule has 0 aliphatic carbocycles. The molecule has 7 nitrogen and oxygen atoms in total. The first-order chi connectivity index (χ1) is 12.1. The van der Waals surface area contributed by atoms with Crippen LogP contribution in [-0.2, 0) is 16.1 Å². The second kappa shape index (κ2) is 9.88. The van der Waals surface area contributed by atoms with E-state index >= 15 is 0 Å². The van der Waals surface area contributed by atoms with Crippen LogP contribution in [0.1, 0.15) is 18.9 Å². The Balaban J connectivity index is 1.63. The molecule has 1 aliphatic heterocycles. The third-order valence-corrected chi connectivity index (χ3v) is 4.20. The Bertz CT molecular complexity index is 554. The molecule has 1 fully saturated rings. The molecular formula is C18H27N3O4. The third kappa shape index (κ3) is 6.26. The van der Waals surface area contributed by atoms with E-state index in [2.05, 4.69) is 10.2 Å². The summed E-state index contributed by atoms with van der Waals surface area (Å²) in [6.07, 6.45) is 0.203. The summed E-state index contributed by atoms with van der Waals surface area (Å²) in [7, 11) is 1.63. The number of rotatable bonds is 7. The number of carbonyl (C=O) groups excluding carboxylic acids is 2. The van der Waals surface area contributed by atoms with E-state index in [1.165, 1.54) is 0 Å². The second-order valence-electron chi connectivity index (χ2n) is 5.90. The lowest BCUT2D eigenvalue weighted by molar-refractivity contribution is -0.121. The van der Waals surface area contributed by atoms with Gasteiger partial charge in [0.1, 0.15) is 5.75 Å². The zero-order chi connectivity index (χ0) is 18.1. The monoisotopic (exact) mass is 349 g/mol. The number of methoxy groups -OCH3 is 1. The lowest BCUT2D eigenvalue weighted by atomic mass is 10.2. The summed E-state index contributed by atoms with van der Waals surface area (Å²) in [4.78, 5) is 27.5. The van der Waals surface area contributed by atoms with E-state index in [1.807, 2.05) is 24.3 Å². The third-order valence-electron chi connectivity index (χ3n) is 4.20. The van der Waals surface area contributed by atoms with Crippen LogP contribution in [0.5, 0.6) is 5.75 Å². The summed E-state index contributed by atoms with van der Waals surface area (Å²) in [5, 5.41) is 2.93. The van der Waals surface area contributed by atoms with Crippen molar-refractivity contribution in [3.05, 3.63) is 29.8 Å². The molecule has 0 unspecified atom stereocenters. The molecule has 1 aromatic rings. The minimum Gasteiger partial charge on any atom is -0.497 e. The predicted octanol–water partition coefficient (Wildman–Crippen LogP) is 1.48. The molecular weight excluding hydrogens is 322 g/mol. The second-order valence-corrected chi connectivity index (χ2v) is 5.90. The Hall–Kier alpha value is -2.28. The standard InChI is InChI=1S/C18H27N3O4/c1-3-25-18(23)21-12-10-20(11-13-21)9-8-17(22)19-14-15-4-6-16(24-2)7-5-15/h4-7H,3,8-14H2,1-2H3,(H,19,22). The van der Waals surface area contributed by atoms with Crippen molar-refractivity contribution in [2.75, 3.05) is 46.4 Å². The van der Waals surface area contributed by atoms with E-state index in [0.29, 0.717) is 39.2 Å². The normalized spacial score (nSPS) is 14.9. The maximum Gasteiger partial charge on any atom is 0.409 e. The van der Waals surface area contributed by atoms with Crippen LogP contribution >= 0.6 is 0 Å². The van der Waals surface area contributed by atoms with E-state index in [4.69, 9.17) is 9.47 Å². The summed E-state index contributed by atoms with van der Waals surface area (Å²) in [6, 6.07) is 7.64. The van der Waals surface area contributed by atoms with Crippen molar-refractivity contribution in [1.82, 2.24) is 15.1 Å². The average molecular weight is 349 g/mol. The molecule has 2 rings (SSSR count). The van der Waals surface area contributed by atoms with E-state index < -0.39 is 0 Å². The van der Waals surface area contributed by atoms with Gasteiger partial charge in [-0.1, -0.05) is 12.1 Å². The highest BCUT2D eigenvalue weighted by Crippen LogP contribution is 2.11. The first-order valence-electron chi connectivity index (χ1n) is 8.66. The smallest absolute Gasteiger partial charge is 0.409 e. The van der Waals surface area contributed by atoms with Crippen LogP contribution in [0, 0.1) is 0 Å². The van der Waals surface area contributed by atoms with Crippen LogP contribution in [0.4, 0.5) is 4.79 Å². The van der Waals surface area contributed by atoms with Gasteiger partial charge in [-0.2, -0.15) is 0 Å². The number of piperazine rings is 1. The predicted molar refractivity (Wildman–Crippen MR) is 94.5 cm³/mol. The number of carbonyl (C=O) groups is 2. The molecule has 0 aromatic heterocycles. The van der Waals surface area contributed by atoms with Crippen molar-refractivity contribution in [2.45, 2.75) is 19.9 Å². The van der Waals surface area contributed by atoms with Gasteiger partial charge in [0, 0.05) is 45.7 Å². The van der Waals surface area contributed by atoms with Gasteiger partial charge in [0.05, 0.1) is 13.7 Å². The van der Waals surface area contributed by atoms with Crippen molar-refractivity contribution < 1.29 is 19.1 Å². The lowest BCUT2D eigenvalue weighted by Gasteiger charge is -2.33. The van der Waals surface area contributed by atoms with Gasteiger partial charge in [-0.3, -0.25) is 9.69 Å². The summed E-state index contributed by atoms with van der Waals surface area (Å²) >= 11 is 0. The molecule has 0 bridgehead atoms. The van der Waals surface area contributed by atoms with Crippen molar-refractivity contribution in [2.24, 2.45) is 0 Å².